The molecule has 0 unspecified atom stereocenters. The van der Waals surface area contributed by atoms with Crippen LogP contribution in [0.2, 0.25) is 5.02 Å². The molecule has 0 saturated heterocycles. The molecule has 130 valence electrons. The Morgan fingerprint density at radius 1 is 1.15 bits per heavy atom. The minimum absolute atomic E-state index is 0.0209. The number of nitrogens with one attached hydrogen (secondary N) is 1. The van der Waals surface area contributed by atoms with E-state index in [1.165, 1.54) is 12.1 Å². The van der Waals surface area contributed by atoms with Crippen molar-refractivity contribution >= 4 is 29.0 Å². The molecule has 1 aliphatic rings. The zero-order chi connectivity index (χ0) is 18.3. The number of aryl methyl sites for hydroxylation is 1. The molecule has 1 amide bonds. The molecule has 0 saturated carbocycles. The van der Waals surface area contributed by atoms with Gasteiger partial charge in [-0.2, -0.15) is 0 Å². The maximum Gasteiger partial charge on any atom is 0.261 e. The molecule has 26 heavy (non-hydrogen) atoms. The molecule has 2 aromatic carbocycles. The predicted molar refractivity (Wildman–Crippen MR) is 100.0 cm³/mol. The lowest BCUT2D eigenvalue weighted by Gasteiger charge is -2.26. The molecule has 0 aliphatic carbocycles. The van der Waals surface area contributed by atoms with E-state index in [4.69, 9.17) is 11.6 Å². The summed E-state index contributed by atoms with van der Waals surface area (Å²) in [5.41, 5.74) is 3.07. The number of benzene rings is 2. The van der Waals surface area contributed by atoms with Crippen molar-refractivity contribution in [3.8, 4) is 0 Å². The van der Waals surface area contributed by atoms with E-state index in [9.17, 15) is 9.18 Å². The Morgan fingerprint density at radius 3 is 2.69 bits per heavy atom. The fraction of sp³-hybridized carbons (Fsp3) is 0.100. The largest absolute Gasteiger partial charge is 0.361 e. The van der Waals surface area contributed by atoms with Crippen LogP contribution in [-0.4, -0.2) is 10.9 Å². The van der Waals surface area contributed by atoms with Gasteiger partial charge in [-0.25, -0.2) is 9.37 Å². The van der Waals surface area contributed by atoms with Crippen LogP contribution in [0.15, 0.2) is 60.8 Å². The normalized spacial score (nSPS) is 15.9. The summed E-state index contributed by atoms with van der Waals surface area (Å²) < 4.78 is 13.5. The van der Waals surface area contributed by atoms with Gasteiger partial charge in [0.1, 0.15) is 17.8 Å². The molecule has 1 aliphatic heterocycles. The summed E-state index contributed by atoms with van der Waals surface area (Å²) >= 11 is 5.89. The fourth-order valence-corrected chi connectivity index (χ4v) is 3.22. The number of hydrogen-bond acceptors (Lipinski definition) is 3. The third-order valence-electron chi connectivity index (χ3n) is 4.33. The number of carbonyl (C=O) groups is 1. The van der Waals surface area contributed by atoms with Gasteiger partial charge in [0.15, 0.2) is 0 Å². The van der Waals surface area contributed by atoms with Gasteiger partial charge < -0.3 is 5.32 Å². The van der Waals surface area contributed by atoms with Crippen molar-refractivity contribution in [2.75, 3.05) is 10.2 Å². The Morgan fingerprint density at radius 2 is 1.96 bits per heavy atom. The number of anilines is 2. The van der Waals surface area contributed by atoms with Crippen LogP contribution in [-0.2, 0) is 0 Å². The quantitative estimate of drug-likeness (QED) is 0.712. The first-order valence-electron chi connectivity index (χ1n) is 8.11. The van der Waals surface area contributed by atoms with Gasteiger partial charge in [0.2, 0.25) is 0 Å². The number of nitrogens with zero attached hydrogens (tertiary/aromatic N) is 2. The summed E-state index contributed by atoms with van der Waals surface area (Å²) in [6.07, 6.45) is 1.26. The van der Waals surface area contributed by atoms with Crippen LogP contribution in [0.5, 0.6) is 0 Å². The van der Waals surface area contributed by atoms with Gasteiger partial charge in [-0.1, -0.05) is 35.9 Å². The van der Waals surface area contributed by atoms with E-state index in [1.54, 1.807) is 23.2 Å². The average Bonchev–Trinajstić information content (AvgIpc) is 2.92. The molecule has 1 aromatic heterocycles. The van der Waals surface area contributed by atoms with E-state index in [1.807, 2.05) is 37.3 Å². The predicted octanol–water partition coefficient (Wildman–Crippen LogP) is 4.95. The van der Waals surface area contributed by atoms with E-state index in [-0.39, 0.29) is 10.9 Å². The lowest BCUT2D eigenvalue weighted by atomic mass is 10.1. The third-order valence-corrected chi connectivity index (χ3v) is 4.62. The Hall–Kier alpha value is -2.92. The average molecular weight is 368 g/mol. The highest BCUT2D eigenvalue weighted by molar-refractivity contribution is 6.31. The highest BCUT2D eigenvalue weighted by Gasteiger charge is 2.38. The molecule has 3 aromatic rings. The molecule has 0 spiro atoms. The van der Waals surface area contributed by atoms with E-state index in [2.05, 4.69) is 10.3 Å². The second-order valence-electron chi connectivity index (χ2n) is 6.13. The maximum absolute atomic E-state index is 13.5. The van der Waals surface area contributed by atoms with Crippen LogP contribution >= 0.6 is 11.6 Å². The lowest BCUT2D eigenvalue weighted by molar-refractivity contribution is 0.0992. The van der Waals surface area contributed by atoms with Crippen molar-refractivity contribution in [2.24, 2.45) is 0 Å². The minimum atomic E-state index is -0.489. The zero-order valence-corrected chi connectivity index (χ0v) is 14.7. The van der Waals surface area contributed by atoms with Crippen LogP contribution < -0.4 is 10.2 Å². The van der Waals surface area contributed by atoms with Crippen molar-refractivity contribution < 1.29 is 9.18 Å². The summed E-state index contributed by atoms with van der Waals surface area (Å²) in [4.78, 5) is 19.0. The summed E-state index contributed by atoms with van der Waals surface area (Å²) in [5, 5.41) is 3.29. The highest BCUT2D eigenvalue weighted by Crippen LogP contribution is 2.37. The van der Waals surface area contributed by atoms with E-state index < -0.39 is 12.0 Å². The maximum atomic E-state index is 13.5. The molecule has 2 heterocycles. The molecule has 0 bridgehead atoms. The highest BCUT2D eigenvalue weighted by atomic mass is 35.5. The lowest BCUT2D eigenvalue weighted by Crippen LogP contribution is -2.32. The zero-order valence-electron chi connectivity index (χ0n) is 13.9. The van der Waals surface area contributed by atoms with E-state index >= 15 is 0 Å². The summed E-state index contributed by atoms with van der Waals surface area (Å²) in [7, 11) is 0. The number of fused-ring (bicyclic) bond motifs is 1. The molecule has 1 atom stereocenters. The Balaban J connectivity index is 1.77. The number of aromatic nitrogens is 1. The molecule has 1 N–H and O–H groups in total. The first-order chi connectivity index (χ1) is 12.5. The minimum Gasteiger partial charge on any atom is -0.361 e. The smallest absolute Gasteiger partial charge is 0.261 e. The second kappa shape index (κ2) is 6.42. The first-order valence-corrected chi connectivity index (χ1v) is 8.49. The standard InChI is InChI=1S/C20H15ClFN3O/c1-12-6-9-18(23-11-12)25-19(14-4-2-3-5-15(14)20(25)26)24-13-7-8-17(22)16(21)10-13/h2-11,19,24H,1H3/t19-/m1/s1. The topological polar surface area (TPSA) is 45.2 Å². The van der Waals surface area contributed by atoms with Crippen LogP contribution in [0.4, 0.5) is 15.9 Å². The molecule has 6 heteroatoms. The SMILES string of the molecule is Cc1ccc(N2C(=O)c3ccccc3[C@@H]2Nc2ccc(F)c(Cl)c2)nc1. The number of pyridine rings is 1. The molecule has 4 nitrogen and oxygen atoms in total. The number of halogens is 2. The summed E-state index contributed by atoms with van der Waals surface area (Å²) in [6.45, 7) is 1.94. The van der Waals surface area contributed by atoms with E-state index in [0.717, 1.165) is 11.1 Å². The van der Waals surface area contributed by atoms with Crippen molar-refractivity contribution in [3.63, 3.8) is 0 Å². The van der Waals surface area contributed by atoms with Gasteiger partial charge in [-0.15, -0.1) is 0 Å². The number of carbonyl (C=O) groups excluding carboxylic acids is 1. The number of rotatable bonds is 3. The van der Waals surface area contributed by atoms with Crippen LogP contribution in [0.1, 0.15) is 27.7 Å². The van der Waals surface area contributed by atoms with Crippen LogP contribution in [0.3, 0.4) is 0 Å². The monoisotopic (exact) mass is 367 g/mol. The molecular weight excluding hydrogens is 353 g/mol. The van der Waals surface area contributed by atoms with Crippen molar-refractivity contribution in [1.29, 1.82) is 0 Å². The van der Waals surface area contributed by atoms with Crippen LogP contribution in [0, 0.1) is 12.7 Å². The first kappa shape index (κ1) is 16.5. The Kier molecular flexibility index (Phi) is 4.09. The molecule has 0 radical (unpaired) electrons. The number of hydrogen-bond donors (Lipinski definition) is 1. The Labute approximate surface area is 155 Å². The van der Waals surface area contributed by atoms with Gasteiger partial charge >= 0.3 is 0 Å². The van der Waals surface area contributed by atoms with Crippen LogP contribution in [0.25, 0.3) is 0 Å². The fourth-order valence-electron chi connectivity index (χ4n) is 3.04. The van der Waals surface area contributed by atoms with E-state index in [0.29, 0.717) is 17.1 Å². The van der Waals surface area contributed by atoms with Gasteiger partial charge in [0, 0.05) is 23.0 Å². The van der Waals surface area contributed by atoms with Gasteiger partial charge in [-0.3, -0.25) is 9.69 Å². The van der Waals surface area contributed by atoms with Gasteiger partial charge in [0.05, 0.1) is 5.02 Å². The van der Waals surface area contributed by atoms with Crippen molar-refractivity contribution in [1.82, 2.24) is 4.98 Å². The van der Waals surface area contributed by atoms with Crippen molar-refractivity contribution in [3.05, 3.63) is 88.3 Å². The Bertz CT molecular complexity index is 991. The van der Waals surface area contributed by atoms with Gasteiger partial charge in [-0.05, 0) is 42.8 Å². The van der Waals surface area contributed by atoms with Gasteiger partial charge in [0.25, 0.3) is 5.91 Å². The molecular formula is C20H15ClFN3O. The van der Waals surface area contributed by atoms with Crippen molar-refractivity contribution in [2.45, 2.75) is 13.1 Å². The summed E-state index contributed by atoms with van der Waals surface area (Å²) in [6, 6.07) is 15.5. The summed E-state index contributed by atoms with van der Waals surface area (Å²) in [5.74, 6) is -0.0812. The second-order valence-corrected chi connectivity index (χ2v) is 6.54. The third kappa shape index (κ3) is 2.80. The number of amides is 1. The molecule has 0 fully saturated rings. The molecule has 4 rings (SSSR count).